The molecule has 18 heavy (non-hydrogen) atoms. The molecular weight excluding hydrogens is 252 g/mol. The van der Waals surface area contributed by atoms with Crippen LogP contribution in [0.5, 0.6) is 5.75 Å². The molecule has 2 rings (SSSR count). The molecule has 0 spiro atoms. The van der Waals surface area contributed by atoms with Crippen molar-refractivity contribution < 1.29 is 4.74 Å². The number of halogens is 1. The first-order valence-electron chi connectivity index (χ1n) is 5.70. The molecule has 1 aromatic carbocycles. The lowest BCUT2D eigenvalue weighted by atomic mass is 10.1. The quantitative estimate of drug-likeness (QED) is 0.929. The van der Waals surface area contributed by atoms with Crippen molar-refractivity contribution in [1.82, 2.24) is 9.78 Å². The third kappa shape index (κ3) is 2.59. The van der Waals surface area contributed by atoms with Crippen molar-refractivity contribution >= 4 is 11.6 Å². The number of rotatable bonds is 3. The van der Waals surface area contributed by atoms with E-state index in [4.69, 9.17) is 16.3 Å². The van der Waals surface area contributed by atoms with Crippen LogP contribution < -0.4 is 10.3 Å². The zero-order valence-corrected chi connectivity index (χ0v) is 11.3. The molecule has 96 valence electrons. The van der Waals surface area contributed by atoms with E-state index in [1.54, 1.807) is 13.1 Å². The van der Waals surface area contributed by atoms with Crippen LogP contribution in [0, 0.1) is 0 Å². The smallest absolute Gasteiger partial charge is 0.266 e. The maximum Gasteiger partial charge on any atom is 0.266 e. The van der Waals surface area contributed by atoms with Gasteiger partial charge in [-0.05, 0) is 32.0 Å². The second kappa shape index (κ2) is 4.90. The fourth-order valence-corrected chi connectivity index (χ4v) is 1.88. The normalized spacial score (nSPS) is 10.9. The molecule has 0 aliphatic rings. The van der Waals surface area contributed by atoms with Gasteiger partial charge in [0.15, 0.2) is 0 Å². The van der Waals surface area contributed by atoms with Gasteiger partial charge in [-0.3, -0.25) is 14.6 Å². The summed E-state index contributed by atoms with van der Waals surface area (Å²) in [4.78, 5) is 11.4. The Hall–Kier alpha value is -1.68. The van der Waals surface area contributed by atoms with E-state index in [2.05, 4.69) is 5.10 Å². The van der Waals surface area contributed by atoms with Gasteiger partial charge < -0.3 is 4.74 Å². The summed E-state index contributed by atoms with van der Waals surface area (Å²) in [5, 5.41) is 3.49. The van der Waals surface area contributed by atoms with Crippen LogP contribution in [0.4, 0.5) is 0 Å². The van der Waals surface area contributed by atoms with E-state index in [0.29, 0.717) is 10.8 Å². The molecule has 0 radical (unpaired) electrons. The first kappa shape index (κ1) is 12.8. The zero-order valence-electron chi connectivity index (χ0n) is 10.5. The van der Waals surface area contributed by atoms with Crippen molar-refractivity contribution in [2.75, 3.05) is 0 Å². The average molecular weight is 267 g/mol. The molecule has 0 saturated heterocycles. The summed E-state index contributed by atoms with van der Waals surface area (Å²) in [6.45, 7) is 3.89. The minimum atomic E-state index is -0.0800. The summed E-state index contributed by atoms with van der Waals surface area (Å²) in [5.74, 6) is 0.647. The van der Waals surface area contributed by atoms with Crippen LogP contribution in [-0.4, -0.2) is 15.9 Å². The molecule has 2 aromatic rings. The number of hydrogen-bond donors (Lipinski definition) is 1. The second-order valence-electron chi connectivity index (χ2n) is 4.38. The molecule has 0 atom stereocenters. The highest BCUT2D eigenvalue weighted by molar-refractivity contribution is 6.32. The maximum absolute atomic E-state index is 11.4. The van der Waals surface area contributed by atoms with Gasteiger partial charge in [0.1, 0.15) is 5.75 Å². The number of hydrogen-bond acceptors (Lipinski definition) is 2. The number of aromatic nitrogens is 2. The van der Waals surface area contributed by atoms with E-state index < -0.39 is 0 Å². The van der Waals surface area contributed by atoms with Crippen molar-refractivity contribution in [1.29, 1.82) is 0 Å². The largest absolute Gasteiger partial charge is 0.489 e. The Balaban J connectivity index is 2.36. The third-order valence-corrected chi connectivity index (χ3v) is 2.79. The number of benzene rings is 1. The lowest BCUT2D eigenvalue weighted by Crippen LogP contribution is -2.09. The molecular formula is C13H15ClN2O2. The summed E-state index contributed by atoms with van der Waals surface area (Å²) in [7, 11) is 1.67. The van der Waals surface area contributed by atoms with Crippen molar-refractivity contribution in [3.05, 3.63) is 39.6 Å². The molecule has 0 aliphatic carbocycles. The fraction of sp³-hybridized carbons (Fsp3) is 0.308. The highest BCUT2D eigenvalue weighted by Crippen LogP contribution is 2.29. The van der Waals surface area contributed by atoms with Crippen LogP contribution in [0.15, 0.2) is 29.1 Å². The fourth-order valence-electron chi connectivity index (χ4n) is 1.65. The van der Waals surface area contributed by atoms with Gasteiger partial charge in [-0.15, -0.1) is 0 Å². The van der Waals surface area contributed by atoms with Crippen LogP contribution >= 0.6 is 11.6 Å². The number of ether oxygens (including phenoxy) is 1. The zero-order chi connectivity index (χ0) is 13.3. The Kier molecular flexibility index (Phi) is 3.48. The van der Waals surface area contributed by atoms with E-state index in [1.165, 1.54) is 10.7 Å². The molecule has 0 fully saturated rings. The number of nitrogens with zero attached hydrogens (tertiary/aromatic N) is 1. The molecule has 1 N–H and O–H groups in total. The first-order chi connectivity index (χ1) is 8.47. The minimum Gasteiger partial charge on any atom is -0.489 e. The van der Waals surface area contributed by atoms with E-state index in [9.17, 15) is 4.79 Å². The Labute approximate surface area is 110 Å². The lowest BCUT2D eigenvalue weighted by Gasteiger charge is -2.11. The molecule has 1 aromatic heterocycles. The van der Waals surface area contributed by atoms with Crippen LogP contribution in [0.3, 0.4) is 0 Å². The predicted octanol–water partition coefficient (Wildman–Crippen LogP) is 2.82. The molecule has 0 amide bonds. The van der Waals surface area contributed by atoms with Gasteiger partial charge in [0, 0.05) is 18.7 Å². The third-order valence-electron chi connectivity index (χ3n) is 2.49. The highest BCUT2D eigenvalue weighted by Gasteiger charge is 2.08. The monoisotopic (exact) mass is 266 g/mol. The Bertz CT molecular complexity index is 614. The molecule has 5 heteroatoms. The van der Waals surface area contributed by atoms with Crippen LogP contribution in [0.25, 0.3) is 11.3 Å². The van der Waals surface area contributed by atoms with Gasteiger partial charge in [-0.1, -0.05) is 11.6 Å². The van der Waals surface area contributed by atoms with Gasteiger partial charge in [-0.2, -0.15) is 0 Å². The summed E-state index contributed by atoms with van der Waals surface area (Å²) in [6.07, 6.45) is 0.0740. The summed E-state index contributed by atoms with van der Waals surface area (Å²) >= 11 is 6.15. The van der Waals surface area contributed by atoms with Crippen LogP contribution in [0.2, 0.25) is 5.02 Å². The van der Waals surface area contributed by atoms with Crippen LogP contribution in [-0.2, 0) is 7.05 Å². The molecule has 4 nitrogen and oxygen atoms in total. The van der Waals surface area contributed by atoms with E-state index in [1.807, 2.05) is 26.0 Å². The predicted molar refractivity (Wildman–Crippen MR) is 72.2 cm³/mol. The topological polar surface area (TPSA) is 47.0 Å². The summed E-state index contributed by atoms with van der Waals surface area (Å²) in [5.41, 5.74) is 1.51. The highest BCUT2D eigenvalue weighted by atomic mass is 35.5. The lowest BCUT2D eigenvalue weighted by molar-refractivity contribution is 0.242. The number of aryl methyl sites for hydroxylation is 1. The van der Waals surface area contributed by atoms with Gasteiger partial charge in [0.2, 0.25) is 0 Å². The molecule has 0 unspecified atom stereocenters. The van der Waals surface area contributed by atoms with E-state index >= 15 is 0 Å². The minimum absolute atomic E-state index is 0.0740. The Morgan fingerprint density at radius 2 is 2.06 bits per heavy atom. The molecule has 1 heterocycles. The number of H-pyrrole nitrogens is 1. The van der Waals surface area contributed by atoms with Gasteiger partial charge >= 0.3 is 0 Å². The first-order valence-corrected chi connectivity index (χ1v) is 6.08. The average Bonchev–Trinajstić information content (AvgIpc) is 2.62. The molecule has 0 saturated carbocycles. The van der Waals surface area contributed by atoms with Gasteiger partial charge in [0.05, 0.1) is 16.8 Å². The Morgan fingerprint density at radius 1 is 1.33 bits per heavy atom. The van der Waals surface area contributed by atoms with Crippen molar-refractivity contribution in [2.45, 2.75) is 20.0 Å². The van der Waals surface area contributed by atoms with Gasteiger partial charge in [0.25, 0.3) is 5.56 Å². The standard InChI is InChI=1S/C13H15ClN2O2/c1-8(2)18-12-5-4-9(6-10(12)14)11-7-13(17)16(3)15-11/h4-8,15H,1-3H3. The van der Waals surface area contributed by atoms with Crippen LogP contribution in [0.1, 0.15) is 13.8 Å². The second-order valence-corrected chi connectivity index (χ2v) is 4.79. The summed E-state index contributed by atoms with van der Waals surface area (Å²) in [6, 6.07) is 7.00. The van der Waals surface area contributed by atoms with Crippen molar-refractivity contribution in [2.24, 2.45) is 7.05 Å². The number of nitrogens with one attached hydrogen (secondary N) is 1. The van der Waals surface area contributed by atoms with Gasteiger partial charge in [-0.25, -0.2) is 0 Å². The maximum atomic E-state index is 11.4. The molecule has 0 bridgehead atoms. The van der Waals surface area contributed by atoms with E-state index in [-0.39, 0.29) is 11.7 Å². The SMILES string of the molecule is CC(C)Oc1ccc(-c2cc(=O)n(C)[nH]2)cc1Cl. The van der Waals surface area contributed by atoms with Crippen molar-refractivity contribution in [3.63, 3.8) is 0 Å². The molecule has 0 aliphatic heterocycles. The van der Waals surface area contributed by atoms with Crippen molar-refractivity contribution in [3.8, 4) is 17.0 Å². The number of aromatic amines is 1. The summed E-state index contributed by atoms with van der Waals surface area (Å²) < 4.78 is 6.97. The van der Waals surface area contributed by atoms with E-state index in [0.717, 1.165) is 11.3 Å². The Morgan fingerprint density at radius 3 is 2.56 bits per heavy atom.